The molecule has 1 N–H and O–H groups in total. The SMILES string of the molecule is CCOC(=O)C1C(C(=O)O)N(C(=O)OC(C)(C)C)CCN1C(=O)OC(C)(C)C. The molecule has 0 spiro atoms. The number of esters is 1. The number of carbonyl (C=O) groups excluding carboxylic acids is 3. The van der Waals surface area contributed by atoms with E-state index in [1.54, 1.807) is 48.5 Å². The summed E-state index contributed by atoms with van der Waals surface area (Å²) in [5.41, 5.74) is -1.71. The van der Waals surface area contributed by atoms with E-state index in [2.05, 4.69) is 0 Å². The highest BCUT2D eigenvalue weighted by atomic mass is 16.6. The number of carbonyl (C=O) groups is 4. The molecule has 1 fully saturated rings. The molecular formula is C18H30N2O8. The Labute approximate surface area is 164 Å². The molecule has 10 nitrogen and oxygen atoms in total. The molecule has 0 radical (unpaired) electrons. The standard InChI is InChI=1S/C18H30N2O8/c1-8-26-14(23)12-11(13(21)22)19(15(24)27-17(2,3)4)9-10-20(12)16(25)28-18(5,6)7/h11-12H,8-10H2,1-7H3,(H,21,22). The van der Waals surface area contributed by atoms with Gasteiger partial charge in [0.15, 0.2) is 12.1 Å². The first kappa shape index (κ1) is 23.5. The Bertz CT molecular complexity index is 620. The highest BCUT2D eigenvalue weighted by Crippen LogP contribution is 2.24. The van der Waals surface area contributed by atoms with Gasteiger partial charge in [0.2, 0.25) is 0 Å². The molecule has 1 rings (SSSR count). The minimum absolute atomic E-state index is 0.0176. The summed E-state index contributed by atoms with van der Waals surface area (Å²) in [6.07, 6.45) is -1.75. The van der Waals surface area contributed by atoms with Crippen LogP contribution >= 0.6 is 0 Å². The molecule has 1 aliphatic rings. The molecular weight excluding hydrogens is 372 g/mol. The van der Waals surface area contributed by atoms with E-state index >= 15 is 0 Å². The van der Waals surface area contributed by atoms with Gasteiger partial charge in [-0.1, -0.05) is 0 Å². The van der Waals surface area contributed by atoms with Gasteiger partial charge in [0.25, 0.3) is 0 Å². The molecule has 1 saturated heterocycles. The third-order valence-electron chi connectivity index (χ3n) is 3.59. The Morgan fingerprint density at radius 3 is 1.57 bits per heavy atom. The van der Waals surface area contributed by atoms with Crippen LogP contribution in [-0.4, -0.2) is 82.0 Å². The van der Waals surface area contributed by atoms with Crippen LogP contribution in [0.2, 0.25) is 0 Å². The molecule has 2 atom stereocenters. The molecule has 1 aliphatic heterocycles. The normalized spacial score (nSPS) is 20.4. The molecule has 0 aliphatic carbocycles. The Morgan fingerprint density at radius 1 is 0.857 bits per heavy atom. The summed E-state index contributed by atoms with van der Waals surface area (Å²) in [6, 6.07) is -3.23. The minimum atomic E-state index is -1.67. The van der Waals surface area contributed by atoms with Crippen LogP contribution in [0.5, 0.6) is 0 Å². The molecule has 0 saturated carbocycles. The number of amides is 2. The molecule has 0 bridgehead atoms. The molecule has 28 heavy (non-hydrogen) atoms. The zero-order chi connectivity index (χ0) is 21.9. The second-order valence-electron chi connectivity index (χ2n) is 8.33. The van der Waals surface area contributed by atoms with Crippen molar-refractivity contribution in [2.45, 2.75) is 71.8 Å². The van der Waals surface area contributed by atoms with Crippen molar-refractivity contribution >= 4 is 24.1 Å². The van der Waals surface area contributed by atoms with Crippen LogP contribution in [0.1, 0.15) is 48.5 Å². The highest BCUT2D eigenvalue weighted by molar-refractivity contribution is 5.92. The van der Waals surface area contributed by atoms with Crippen LogP contribution in [0.4, 0.5) is 9.59 Å². The fourth-order valence-corrected chi connectivity index (χ4v) is 2.64. The largest absolute Gasteiger partial charge is 0.480 e. The van der Waals surface area contributed by atoms with Crippen LogP contribution in [-0.2, 0) is 23.8 Å². The summed E-state index contributed by atoms with van der Waals surface area (Å²) >= 11 is 0. The molecule has 1 heterocycles. The lowest BCUT2D eigenvalue weighted by molar-refractivity contribution is -0.163. The number of carboxylic acids is 1. The maximum absolute atomic E-state index is 12.6. The average Bonchev–Trinajstić information content (AvgIpc) is 2.50. The van der Waals surface area contributed by atoms with Crippen molar-refractivity contribution in [3.8, 4) is 0 Å². The highest BCUT2D eigenvalue weighted by Gasteiger charge is 2.51. The maximum atomic E-state index is 12.6. The average molecular weight is 402 g/mol. The number of hydrogen-bond acceptors (Lipinski definition) is 7. The molecule has 160 valence electrons. The number of nitrogens with zero attached hydrogens (tertiary/aromatic N) is 2. The van der Waals surface area contributed by atoms with Crippen molar-refractivity contribution in [3.05, 3.63) is 0 Å². The van der Waals surface area contributed by atoms with Gasteiger partial charge in [-0.25, -0.2) is 19.2 Å². The van der Waals surface area contributed by atoms with Crippen molar-refractivity contribution in [2.75, 3.05) is 19.7 Å². The molecule has 0 aromatic heterocycles. The van der Waals surface area contributed by atoms with Crippen LogP contribution in [0.25, 0.3) is 0 Å². The zero-order valence-corrected chi connectivity index (χ0v) is 17.5. The number of carboxylic acid groups (broad SMARTS) is 1. The number of ether oxygens (including phenoxy) is 3. The topological polar surface area (TPSA) is 123 Å². The van der Waals surface area contributed by atoms with Gasteiger partial charge >= 0.3 is 24.1 Å². The third-order valence-corrected chi connectivity index (χ3v) is 3.59. The van der Waals surface area contributed by atoms with Gasteiger partial charge in [-0.2, -0.15) is 0 Å². The van der Waals surface area contributed by atoms with Crippen LogP contribution < -0.4 is 0 Å². The van der Waals surface area contributed by atoms with E-state index in [0.717, 1.165) is 9.80 Å². The number of hydrogen-bond donors (Lipinski definition) is 1. The lowest BCUT2D eigenvalue weighted by Gasteiger charge is -2.44. The van der Waals surface area contributed by atoms with E-state index in [0.29, 0.717) is 0 Å². The summed E-state index contributed by atoms with van der Waals surface area (Å²) in [5.74, 6) is -2.40. The van der Waals surface area contributed by atoms with Gasteiger partial charge in [0, 0.05) is 13.1 Å². The number of aliphatic carboxylic acids is 1. The first-order valence-electron chi connectivity index (χ1n) is 9.06. The summed E-state index contributed by atoms with van der Waals surface area (Å²) in [4.78, 5) is 51.5. The van der Waals surface area contributed by atoms with Crippen molar-refractivity contribution in [1.29, 1.82) is 0 Å². The summed E-state index contributed by atoms with van der Waals surface area (Å²) < 4.78 is 15.5. The first-order chi connectivity index (χ1) is 12.7. The Kier molecular flexibility index (Phi) is 7.27. The smallest absolute Gasteiger partial charge is 0.411 e. The van der Waals surface area contributed by atoms with E-state index in [1.807, 2.05) is 0 Å². The Balaban J connectivity index is 3.28. The molecule has 0 aromatic rings. The predicted octanol–water partition coefficient (Wildman–Crippen LogP) is 1.86. The van der Waals surface area contributed by atoms with Gasteiger partial charge in [0.05, 0.1) is 6.61 Å². The maximum Gasteiger partial charge on any atom is 0.411 e. The quantitative estimate of drug-likeness (QED) is 0.560. The third kappa shape index (κ3) is 6.28. The van der Waals surface area contributed by atoms with E-state index in [9.17, 15) is 24.3 Å². The second kappa shape index (κ2) is 8.66. The van der Waals surface area contributed by atoms with Gasteiger partial charge < -0.3 is 19.3 Å². The van der Waals surface area contributed by atoms with Gasteiger partial charge in [-0.3, -0.25) is 9.80 Å². The van der Waals surface area contributed by atoms with Gasteiger partial charge in [-0.15, -0.1) is 0 Å². The lowest BCUT2D eigenvalue weighted by Crippen LogP contribution is -2.68. The van der Waals surface area contributed by atoms with Crippen molar-refractivity contribution in [2.24, 2.45) is 0 Å². The fourth-order valence-electron chi connectivity index (χ4n) is 2.64. The van der Waals surface area contributed by atoms with E-state index < -0.39 is 47.4 Å². The molecule has 2 unspecified atom stereocenters. The Hall–Kier alpha value is -2.52. The van der Waals surface area contributed by atoms with Crippen LogP contribution in [0.3, 0.4) is 0 Å². The monoisotopic (exact) mass is 402 g/mol. The van der Waals surface area contributed by atoms with Crippen LogP contribution in [0.15, 0.2) is 0 Å². The number of rotatable bonds is 3. The Morgan fingerprint density at radius 2 is 1.25 bits per heavy atom. The summed E-state index contributed by atoms with van der Waals surface area (Å²) in [5, 5.41) is 9.74. The van der Waals surface area contributed by atoms with E-state index in [-0.39, 0.29) is 19.7 Å². The van der Waals surface area contributed by atoms with Crippen molar-refractivity contribution in [3.63, 3.8) is 0 Å². The summed E-state index contributed by atoms with van der Waals surface area (Å²) in [7, 11) is 0. The molecule has 0 aromatic carbocycles. The zero-order valence-electron chi connectivity index (χ0n) is 17.5. The molecule has 10 heteroatoms. The van der Waals surface area contributed by atoms with E-state index in [1.165, 1.54) is 0 Å². The van der Waals surface area contributed by atoms with Gasteiger partial charge in [0.1, 0.15) is 11.2 Å². The summed E-state index contributed by atoms with van der Waals surface area (Å²) in [6.45, 7) is 11.2. The van der Waals surface area contributed by atoms with Crippen molar-refractivity contribution < 1.29 is 38.5 Å². The van der Waals surface area contributed by atoms with Crippen LogP contribution in [0, 0.1) is 0 Å². The predicted molar refractivity (Wildman–Crippen MR) is 97.7 cm³/mol. The first-order valence-corrected chi connectivity index (χ1v) is 9.06. The number of piperazine rings is 1. The van der Waals surface area contributed by atoms with Crippen molar-refractivity contribution in [1.82, 2.24) is 9.80 Å². The fraction of sp³-hybridized carbons (Fsp3) is 0.778. The second-order valence-corrected chi connectivity index (χ2v) is 8.33. The molecule has 2 amide bonds. The lowest BCUT2D eigenvalue weighted by atomic mass is 10.0. The van der Waals surface area contributed by atoms with E-state index in [4.69, 9.17) is 14.2 Å². The van der Waals surface area contributed by atoms with Gasteiger partial charge in [-0.05, 0) is 48.5 Å². The minimum Gasteiger partial charge on any atom is -0.480 e.